The summed E-state index contributed by atoms with van der Waals surface area (Å²) in [4.78, 5) is 22.9. The van der Waals surface area contributed by atoms with E-state index in [2.05, 4.69) is 14.9 Å². The maximum Gasteiger partial charge on any atom is 0.305 e. The van der Waals surface area contributed by atoms with Crippen LogP contribution < -0.4 is 9.47 Å². The fourth-order valence-corrected chi connectivity index (χ4v) is 4.83. The molecule has 9 nitrogen and oxygen atoms in total. The summed E-state index contributed by atoms with van der Waals surface area (Å²) in [6, 6.07) is 7.58. The summed E-state index contributed by atoms with van der Waals surface area (Å²) in [5, 5.41) is 8.06. The maximum atomic E-state index is 14.0. The molecule has 0 saturated heterocycles. The first-order valence-electron chi connectivity index (χ1n) is 14.0. The van der Waals surface area contributed by atoms with Gasteiger partial charge in [-0.2, -0.15) is 5.10 Å². The smallest absolute Gasteiger partial charge is 0.305 e. The van der Waals surface area contributed by atoms with E-state index in [-0.39, 0.29) is 23.9 Å². The minimum Gasteiger partial charge on any atom is -0.490 e. The van der Waals surface area contributed by atoms with Crippen molar-refractivity contribution >= 4 is 35.0 Å². The van der Waals surface area contributed by atoms with Crippen molar-refractivity contribution in [3.63, 3.8) is 0 Å². The number of hydrogen-bond acceptors (Lipinski definition) is 8. The molecule has 0 saturated carbocycles. The van der Waals surface area contributed by atoms with Crippen LogP contribution in [0.15, 0.2) is 30.3 Å². The monoisotopic (exact) mass is 638 g/mol. The highest BCUT2D eigenvalue weighted by molar-refractivity contribution is 6.37. The first kappa shape index (κ1) is 34.3. The molecule has 43 heavy (non-hydrogen) atoms. The van der Waals surface area contributed by atoms with Crippen LogP contribution in [-0.2, 0) is 38.5 Å². The minimum atomic E-state index is -0.498. The van der Waals surface area contributed by atoms with Gasteiger partial charge in [-0.15, -0.1) is 0 Å². The minimum absolute atomic E-state index is 0.0714. The lowest BCUT2D eigenvalue weighted by Crippen LogP contribution is -2.09. The second-order valence-corrected chi connectivity index (χ2v) is 10.6. The van der Waals surface area contributed by atoms with Crippen LogP contribution in [0.1, 0.15) is 59.1 Å². The standard InChI is InChI=1S/C31H37Cl2FN2O7/c1-20-24(6-4-12-42-29-18-23(21(2)37)8-9-27(29)34)28(36-35-20)19-41-15-14-40-11-5-13-43-31-25(32)16-22(17-26(31)33)7-10-30(38)39-3/h8-9,16-18H,4-7,10-15,19H2,1-3H3,(H,35,36). The summed E-state index contributed by atoms with van der Waals surface area (Å²) in [6.07, 6.45) is 2.66. The lowest BCUT2D eigenvalue weighted by molar-refractivity contribution is -0.140. The molecule has 3 rings (SSSR count). The first-order chi connectivity index (χ1) is 20.7. The Bertz CT molecular complexity index is 1340. The second kappa shape index (κ2) is 17.8. The van der Waals surface area contributed by atoms with Crippen LogP contribution in [0.3, 0.4) is 0 Å². The van der Waals surface area contributed by atoms with E-state index in [1.165, 1.54) is 32.2 Å². The highest BCUT2D eigenvalue weighted by atomic mass is 35.5. The number of ketones is 1. The van der Waals surface area contributed by atoms with E-state index in [4.69, 9.17) is 42.1 Å². The van der Waals surface area contributed by atoms with Gasteiger partial charge in [-0.05, 0) is 74.6 Å². The van der Waals surface area contributed by atoms with Crippen molar-refractivity contribution in [2.24, 2.45) is 0 Å². The number of aryl methyl sites for hydroxylation is 2. The Hall–Kier alpha value is -3.18. The molecule has 0 atom stereocenters. The van der Waals surface area contributed by atoms with E-state index >= 15 is 0 Å². The molecule has 1 N–H and O–H groups in total. The molecule has 0 bridgehead atoms. The third-order valence-corrected chi connectivity index (χ3v) is 7.09. The number of esters is 1. The van der Waals surface area contributed by atoms with Gasteiger partial charge in [0, 0.05) is 25.0 Å². The SMILES string of the molecule is COC(=O)CCc1cc(Cl)c(OCCCOCCOCc2[nH]nc(C)c2CCCOc2cc(C(C)=O)ccc2F)c(Cl)c1. The van der Waals surface area contributed by atoms with Crippen molar-refractivity contribution in [2.75, 3.05) is 40.1 Å². The number of aromatic amines is 1. The van der Waals surface area contributed by atoms with Gasteiger partial charge in [0.2, 0.25) is 0 Å². The van der Waals surface area contributed by atoms with E-state index in [1.54, 1.807) is 12.1 Å². The van der Waals surface area contributed by atoms with Gasteiger partial charge in [-0.3, -0.25) is 14.7 Å². The van der Waals surface area contributed by atoms with Crippen molar-refractivity contribution in [1.82, 2.24) is 10.2 Å². The van der Waals surface area contributed by atoms with Crippen LogP contribution in [0, 0.1) is 12.7 Å². The number of rotatable bonds is 19. The number of carbonyl (C=O) groups is 2. The van der Waals surface area contributed by atoms with Crippen LogP contribution in [0.25, 0.3) is 0 Å². The molecule has 3 aromatic rings. The Morgan fingerprint density at radius 1 is 0.930 bits per heavy atom. The fourth-order valence-electron chi connectivity index (χ4n) is 4.19. The second-order valence-electron chi connectivity index (χ2n) is 9.75. The van der Waals surface area contributed by atoms with Crippen molar-refractivity contribution in [1.29, 1.82) is 0 Å². The summed E-state index contributed by atoms with van der Waals surface area (Å²) in [7, 11) is 1.35. The van der Waals surface area contributed by atoms with Gasteiger partial charge in [0.15, 0.2) is 23.1 Å². The van der Waals surface area contributed by atoms with Crippen LogP contribution >= 0.6 is 23.2 Å². The molecule has 12 heteroatoms. The summed E-state index contributed by atoms with van der Waals surface area (Å²) in [5.41, 5.74) is 4.02. The van der Waals surface area contributed by atoms with Crippen molar-refractivity contribution < 1.29 is 37.7 Å². The lowest BCUT2D eigenvalue weighted by atomic mass is 10.1. The molecule has 0 aliphatic heterocycles. The molecule has 234 valence electrons. The van der Waals surface area contributed by atoms with E-state index in [0.717, 1.165) is 22.5 Å². The van der Waals surface area contributed by atoms with Crippen LogP contribution in [0.4, 0.5) is 4.39 Å². The molecule has 0 aliphatic carbocycles. The summed E-state index contributed by atoms with van der Waals surface area (Å²) >= 11 is 12.6. The third-order valence-electron chi connectivity index (χ3n) is 6.53. The highest BCUT2D eigenvalue weighted by Gasteiger charge is 2.13. The molecular weight excluding hydrogens is 602 g/mol. The number of H-pyrrole nitrogens is 1. The van der Waals surface area contributed by atoms with Gasteiger partial charge in [0.05, 0.1) is 61.6 Å². The number of carbonyl (C=O) groups excluding carboxylic acids is 2. The zero-order valence-corrected chi connectivity index (χ0v) is 26.1. The maximum absolute atomic E-state index is 14.0. The van der Waals surface area contributed by atoms with Crippen molar-refractivity contribution in [3.05, 3.63) is 74.3 Å². The van der Waals surface area contributed by atoms with Crippen LogP contribution in [-0.4, -0.2) is 62.1 Å². The molecule has 0 amide bonds. The number of methoxy groups -OCH3 is 1. The molecule has 0 spiro atoms. The van der Waals surface area contributed by atoms with Gasteiger partial charge >= 0.3 is 5.97 Å². The fraction of sp³-hybridized carbons (Fsp3) is 0.452. The topological polar surface area (TPSA) is 109 Å². The average molecular weight is 640 g/mol. The largest absolute Gasteiger partial charge is 0.490 e. The predicted octanol–water partition coefficient (Wildman–Crippen LogP) is 6.49. The van der Waals surface area contributed by atoms with E-state index in [1.807, 2.05) is 6.92 Å². The Kier molecular flexibility index (Phi) is 14.2. The zero-order chi connectivity index (χ0) is 31.2. The molecule has 0 fully saturated rings. The van der Waals surface area contributed by atoms with Crippen LogP contribution in [0.5, 0.6) is 11.5 Å². The number of nitrogens with one attached hydrogen (secondary N) is 1. The number of nitrogens with zero attached hydrogens (tertiary/aromatic N) is 1. The number of hydrogen-bond donors (Lipinski definition) is 1. The highest BCUT2D eigenvalue weighted by Crippen LogP contribution is 2.34. The molecule has 0 aliphatic rings. The zero-order valence-electron chi connectivity index (χ0n) is 24.6. The molecule has 0 unspecified atom stereocenters. The first-order valence-corrected chi connectivity index (χ1v) is 14.7. The van der Waals surface area contributed by atoms with Gasteiger partial charge in [-0.1, -0.05) is 23.2 Å². The normalized spacial score (nSPS) is 11.0. The Morgan fingerprint density at radius 3 is 2.37 bits per heavy atom. The Balaban J connectivity index is 1.29. The number of ether oxygens (including phenoxy) is 5. The Labute approximate surface area is 260 Å². The van der Waals surface area contributed by atoms with E-state index in [0.29, 0.717) is 86.7 Å². The molecular formula is C31H37Cl2FN2O7. The van der Waals surface area contributed by atoms with Gasteiger partial charge < -0.3 is 23.7 Å². The van der Waals surface area contributed by atoms with E-state index in [9.17, 15) is 14.0 Å². The van der Waals surface area contributed by atoms with Crippen molar-refractivity contribution in [3.8, 4) is 11.5 Å². The predicted molar refractivity (Wildman–Crippen MR) is 161 cm³/mol. The molecule has 1 heterocycles. The van der Waals surface area contributed by atoms with E-state index < -0.39 is 5.82 Å². The van der Waals surface area contributed by atoms with Gasteiger partial charge in [-0.25, -0.2) is 4.39 Å². The summed E-state index contributed by atoms with van der Waals surface area (Å²) < 4.78 is 41.4. The number of aromatic nitrogens is 2. The number of halogens is 3. The third kappa shape index (κ3) is 11.1. The van der Waals surface area contributed by atoms with Crippen LogP contribution in [0.2, 0.25) is 10.0 Å². The molecule has 0 radical (unpaired) electrons. The molecule has 2 aromatic carbocycles. The van der Waals surface area contributed by atoms with Gasteiger partial charge in [0.1, 0.15) is 0 Å². The summed E-state index contributed by atoms with van der Waals surface area (Å²) in [5.74, 6) is -0.470. The Morgan fingerprint density at radius 2 is 1.65 bits per heavy atom. The number of Topliss-reactive ketones (excluding diaryl/α,β-unsaturated/α-hetero) is 1. The van der Waals surface area contributed by atoms with Crippen molar-refractivity contribution in [2.45, 2.75) is 52.6 Å². The lowest BCUT2D eigenvalue weighted by Gasteiger charge is -2.12. The molecule has 1 aromatic heterocycles. The van der Waals surface area contributed by atoms with Gasteiger partial charge in [0.25, 0.3) is 0 Å². The summed E-state index contributed by atoms with van der Waals surface area (Å²) in [6.45, 7) is 5.65. The quantitative estimate of drug-likeness (QED) is 0.0902. The average Bonchev–Trinajstić information content (AvgIpc) is 3.33. The number of benzene rings is 2.